The molecule has 30 heavy (non-hydrogen) atoms. The normalized spacial score (nSPS) is 11.7. The Morgan fingerprint density at radius 2 is 0.900 bits per heavy atom. The predicted molar refractivity (Wildman–Crippen MR) is 128 cm³/mol. The first-order valence-electron chi connectivity index (χ1n) is 10.00. The van der Waals surface area contributed by atoms with Crippen LogP contribution < -0.4 is 9.13 Å². The maximum atomic E-state index is 2.32. The predicted octanol–water partition coefficient (Wildman–Crippen LogP) is 6.25. The monoisotopic (exact) mass is 424 g/mol. The fourth-order valence-electron chi connectivity index (χ4n) is 4.35. The van der Waals surface area contributed by atoms with E-state index in [-0.39, 0.29) is 0 Å². The van der Waals surface area contributed by atoms with Gasteiger partial charge in [-0.25, -0.2) is 0 Å². The van der Waals surface area contributed by atoms with Gasteiger partial charge in [0.15, 0.2) is 0 Å². The van der Waals surface area contributed by atoms with Crippen LogP contribution in [0.15, 0.2) is 84.9 Å². The van der Waals surface area contributed by atoms with Crippen molar-refractivity contribution in [2.24, 2.45) is 14.1 Å². The second kappa shape index (κ2) is 6.73. The number of aromatic nitrogens is 2. The molecule has 0 spiro atoms. The molecule has 0 radical (unpaired) electrons. The Hall–Kier alpha value is -3.08. The number of hydrogen-bond donors (Lipinski definition) is 0. The van der Waals surface area contributed by atoms with Gasteiger partial charge in [0, 0.05) is 12.1 Å². The van der Waals surface area contributed by atoms with Gasteiger partial charge in [-0.1, -0.05) is 71.2 Å². The SMILES string of the molecule is C[n+]1c(-c2ccc(-c3sc4ccccc4[n+]3C)c3ccccc23)sc2ccccc21. The highest BCUT2D eigenvalue weighted by atomic mass is 32.1. The van der Waals surface area contributed by atoms with E-state index in [9.17, 15) is 0 Å². The molecule has 2 aromatic heterocycles. The van der Waals surface area contributed by atoms with Crippen molar-refractivity contribution in [3.63, 3.8) is 0 Å². The summed E-state index contributed by atoms with van der Waals surface area (Å²) in [6, 6.07) is 30.7. The van der Waals surface area contributed by atoms with Crippen LogP contribution in [-0.4, -0.2) is 0 Å². The highest BCUT2D eigenvalue weighted by Gasteiger charge is 2.24. The Morgan fingerprint density at radius 1 is 0.500 bits per heavy atom. The van der Waals surface area contributed by atoms with Gasteiger partial charge >= 0.3 is 0 Å². The summed E-state index contributed by atoms with van der Waals surface area (Å²) in [5, 5.41) is 5.18. The highest BCUT2D eigenvalue weighted by Crippen LogP contribution is 2.39. The smallest absolute Gasteiger partial charge is 0.184 e. The lowest BCUT2D eigenvalue weighted by Gasteiger charge is -2.06. The molecular formula is C26H20N2S2+2. The van der Waals surface area contributed by atoms with Crippen molar-refractivity contribution in [3.05, 3.63) is 84.9 Å². The first-order chi connectivity index (χ1) is 14.7. The number of benzene rings is 4. The average molecular weight is 425 g/mol. The molecule has 0 aliphatic heterocycles. The van der Waals surface area contributed by atoms with E-state index in [0.717, 1.165) is 0 Å². The van der Waals surface area contributed by atoms with E-state index in [4.69, 9.17) is 0 Å². The van der Waals surface area contributed by atoms with Gasteiger partial charge in [0.2, 0.25) is 11.0 Å². The first-order valence-corrected chi connectivity index (χ1v) is 11.6. The lowest BCUT2D eigenvalue weighted by molar-refractivity contribution is -0.629. The third-order valence-corrected chi connectivity index (χ3v) is 8.37. The third kappa shape index (κ3) is 2.54. The van der Waals surface area contributed by atoms with Gasteiger partial charge in [-0.15, -0.1) is 0 Å². The minimum atomic E-state index is 1.28. The van der Waals surface area contributed by atoms with Crippen LogP contribution >= 0.6 is 22.7 Å². The van der Waals surface area contributed by atoms with Crippen LogP contribution in [0, 0.1) is 0 Å². The van der Waals surface area contributed by atoms with Crippen molar-refractivity contribution in [3.8, 4) is 21.1 Å². The summed E-state index contributed by atoms with van der Waals surface area (Å²) in [7, 11) is 4.34. The fraction of sp³-hybridized carbons (Fsp3) is 0.0769. The third-order valence-electron chi connectivity index (χ3n) is 5.86. The molecule has 2 heterocycles. The number of para-hydroxylation sites is 2. The van der Waals surface area contributed by atoms with Gasteiger partial charge in [0.1, 0.15) is 23.5 Å². The largest absolute Gasteiger partial charge is 0.270 e. The average Bonchev–Trinajstić information content (AvgIpc) is 3.30. The molecule has 0 aliphatic rings. The molecule has 6 rings (SSSR count). The molecule has 144 valence electrons. The first kappa shape index (κ1) is 17.8. The number of aryl methyl sites for hydroxylation is 2. The molecule has 0 atom stereocenters. The molecule has 0 amide bonds. The summed E-state index contributed by atoms with van der Waals surface area (Å²) < 4.78 is 7.28. The van der Waals surface area contributed by atoms with Crippen molar-refractivity contribution >= 4 is 53.9 Å². The molecule has 4 heteroatoms. The van der Waals surface area contributed by atoms with Crippen molar-refractivity contribution in [1.29, 1.82) is 0 Å². The molecule has 0 unspecified atom stereocenters. The lowest BCUT2D eigenvalue weighted by Crippen LogP contribution is -2.28. The summed E-state index contributed by atoms with van der Waals surface area (Å²) in [6.07, 6.45) is 0. The molecule has 0 N–H and O–H groups in total. The molecular weight excluding hydrogens is 404 g/mol. The van der Waals surface area contributed by atoms with Crippen molar-refractivity contribution in [2.45, 2.75) is 0 Å². The number of nitrogens with zero attached hydrogens (tertiary/aromatic N) is 2. The Bertz CT molecular complexity index is 1450. The fourth-order valence-corrected chi connectivity index (χ4v) is 6.72. The van der Waals surface area contributed by atoms with Crippen LogP contribution in [0.2, 0.25) is 0 Å². The Morgan fingerprint density at radius 3 is 1.33 bits per heavy atom. The maximum absolute atomic E-state index is 2.32. The molecule has 0 fully saturated rings. The Kier molecular flexibility index (Phi) is 3.98. The molecule has 0 saturated heterocycles. The van der Waals surface area contributed by atoms with Gasteiger partial charge in [-0.05, 0) is 35.0 Å². The van der Waals surface area contributed by atoms with Crippen LogP contribution in [-0.2, 0) is 14.1 Å². The number of fused-ring (bicyclic) bond motifs is 3. The van der Waals surface area contributed by atoms with Crippen LogP contribution in [0.3, 0.4) is 0 Å². The zero-order valence-corrected chi connectivity index (χ0v) is 18.4. The molecule has 2 nitrogen and oxygen atoms in total. The van der Waals surface area contributed by atoms with Gasteiger partial charge in [-0.3, -0.25) is 0 Å². The van der Waals surface area contributed by atoms with E-state index in [2.05, 4.69) is 108 Å². The van der Waals surface area contributed by atoms with Crippen molar-refractivity contribution < 1.29 is 9.13 Å². The highest BCUT2D eigenvalue weighted by molar-refractivity contribution is 7.21. The Balaban J connectivity index is 1.64. The minimum absolute atomic E-state index is 1.28. The van der Waals surface area contributed by atoms with Crippen LogP contribution in [0.4, 0.5) is 0 Å². The second-order valence-electron chi connectivity index (χ2n) is 7.57. The Labute approximate surface area is 182 Å². The molecule has 6 aromatic rings. The lowest BCUT2D eigenvalue weighted by atomic mass is 10.00. The second-order valence-corrected chi connectivity index (χ2v) is 9.64. The van der Waals surface area contributed by atoms with Gasteiger partial charge in [0.05, 0.1) is 11.1 Å². The zero-order chi connectivity index (χ0) is 20.2. The summed E-state index contributed by atoms with van der Waals surface area (Å²) in [6.45, 7) is 0. The van der Waals surface area contributed by atoms with E-state index < -0.39 is 0 Å². The topological polar surface area (TPSA) is 7.76 Å². The van der Waals surface area contributed by atoms with Gasteiger partial charge < -0.3 is 0 Å². The number of thiazole rings is 2. The van der Waals surface area contributed by atoms with Gasteiger partial charge in [0.25, 0.3) is 10.0 Å². The van der Waals surface area contributed by atoms with Gasteiger partial charge in [-0.2, -0.15) is 9.13 Å². The van der Waals surface area contributed by atoms with Crippen LogP contribution in [0.25, 0.3) is 52.3 Å². The van der Waals surface area contributed by atoms with E-state index in [1.807, 2.05) is 22.7 Å². The summed E-state index contributed by atoms with van der Waals surface area (Å²) in [5.41, 5.74) is 5.15. The van der Waals surface area contributed by atoms with Crippen LogP contribution in [0.1, 0.15) is 0 Å². The van der Waals surface area contributed by atoms with Crippen molar-refractivity contribution in [2.75, 3.05) is 0 Å². The van der Waals surface area contributed by atoms with E-state index >= 15 is 0 Å². The molecule has 0 aliphatic carbocycles. The quantitative estimate of drug-likeness (QED) is 0.290. The maximum Gasteiger partial charge on any atom is 0.270 e. The van der Waals surface area contributed by atoms with E-state index in [0.29, 0.717) is 0 Å². The number of hydrogen-bond acceptors (Lipinski definition) is 2. The van der Waals surface area contributed by atoms with Crippen molar-refractivity contribution in [1.82, 2.24) is 0 Å². The standard InChI is InChI=1S/C26H20N2S2/c1-27-21-11-5-7-13-23(21)29-25(27)19-15-16-20(18-10-4-3-9-17(18)19)26-28(2)22-12-6-8-14-24(22)30-26/h3-16H,1-2H3/q+2. The summed E-state index contributed by atoms with van der Waals surface area (Å²) >= 11 is 3.72. The minimum Gasteiger partial charge on any atom is -0.184 e. The summed E-state index contributed by atoms with van der Waals surface area (Å²) in [5.74, 6) is 0. The zero-order valence-electron chi connectivity index (χ0n) is 16.8. The van der Waals surface area contributed by atoms with Crippen LogP contribution in [0.5, 0.6) is 0 Å². The van der Waals surface area contributed by atoms with E-state index in [1.54, 1.807) is 0 Å². The molecule has 4 aromatic carbocycles. The number of rotatable bonds is 2. The van der Waals surface area contributed by atoms with E-state index in [1.165, 1.54) is 52.3 Å². The molecule has 0 saturated carbocycles. The molecule has 0 bridgehead atoms. The summed E-state index contributed by atoms with van der Waals surface area (Å²) in [4.78, 5) is 0.